The average Bonchev–Trinajstić information content (AvgIpc) is 2.15. The summed E-state index contributed by atoms with van der Waals surface area (Å²) in [6.07, 6.45) is 5.27. The van der Waals surface area contributed by atoms with E-state index in [0.29, 0.717) is 11.5 Å². The Hall–Kier alpha value is -0.0400. The van der Waals surface area contributed by atoms with Crippen molar-refractivity contribution in [1.82, 2.24) is 0 Å². The summed E-state index contributed by atoms with van der Waals surface area (Å²) in [5, 5.41) is 0. The standard InChI is InChI=1S/C14H29N/c1-6-14(4,5)13(15)12-8-10(2)7-11(3)9-12/h10-13H,6-9,15H2,1-5H3. The van der Waals surface area contributed by atoms with Gasteiger partial charge in [-0.05, 0) is 48.9 Å². The van der Waals surface area contributed by atoms with Crippen LogP contribution < -0.4 is 5.73 Å². The molecule has 1 rings (SSSR count). The lowest BCUT2D eigenvalue weighted by Gasteiger charge is -2.41. The van der Waals surface area contributed by atoms with Gasteiger partial charge in [0, 0.05) is 6.04 Å². The zero-order valence-corrected chi connectivity index (χ0v) is 11.2. The molecule has 1 aliphatic rings. The van der Waals surface area contributed by atoms with Gasteiger partial charge in [0.15, 0.2) is 0 Å². The van der Waals surface area contributed by atoms with Crippen LogP contribution >= 0.6 is 0 Å². The lowest BCUT2D eigenvalue weighted by Crippen LogP contribution is -2.45. The highest BCUT2D eigenvalue weighted by Gasteiger charge is 2.35. The molecule has 3 atom stereocenters. The topological polar surface area (TPSA) is 26.0 Å². The predicted octanol–water partition coefficient (Wildman–Crippen LogP) is 3.82. The molecule has 1 heteroatoms. The van der Waals surface area contributed by atoms with Gasteiger partial charge in [0.1, 0.15) is 0 Å². The maximum atomic E-state index is 6.46. The van der Waals surface area contributed by atoms with Crippen molar-refractivity contribution in [3.8, 4) is 0 Å². The molecule has 0 aromatic heterocycles. The van der Waals surface area contributed by atoms with Crippen molar-refractivity contribution in [2.75, 3.05) is 0 Å². The van der Waals surface area contributed by atoms with Gasteiger partial charge < -0.3 is 5.73 Å². The molecule has 0 radical (unpaired) electrons. The number of hydrogen-bond acceptors (Lipinski definition) is 1. The van der Waals surface area contributed by atoms with Crippen molar-refractivity contribution in [2.45, 2.75) is 66.3 Å². The summed E-state index contributed by atoms with van der Waals surface area (Å²) in [6.45, 7) is 11.7. The summed E-state index contributed by atoms with van der Waals surface area (Å²) in [5.74, 6) is 2.49. The highest BCUT2D eigenvalue weighted by atomic mass is 14.7. The van der Waals surface area contributed by atoms with E-state index < -0.39 is 0 Å². The quantitative estimate of drug-likeness (QED) is 0.754. The van der Waals surface area contributed by atoms with Crippen LogP contribution in [0.1, 0.15) is 60.3 Å². The van der Waals surface area contributed by atoms with Crippen LogP contribution in [0, 0.1) is 23.2 Å². The summed E-state index contributed by atoms with van der Waals surface area (Å²) in [5.41, 5.74) is 6.77. The molecule has 1 nitrogen and oxygen atoms in total. The Kier molecular flexibility index (Phi) is 4.22. The van der Waals surface area contributed by atoms with Gasteiger partial charge in [0.05, 0.1) is 0 Å². The van der Waals surface area contributed by atoms with Crippen molar-refractivity contribution in [2.24, 2.45) is 28.9 Å². The van der Waals surface area contributed by atoms with Crippen molar-refractivity contribution in [3.05, 3.63) is 0 Å². The Morgan fingerprint density at radius 3 is 2.00 bits per heavy atom. The molecule has 0 aliphatic heterocycles. The van der Waals surface area contributed by atoms with Gasteiger partial charge in [0.2, 0.25) is 0 Å². The van der Waals surface area contributed by atoms with Gasteiger partial charge in [-0.3, -0.25) is 0 Å². The van der Waals surface area contributed by atoms with Crippen LogP contribution in [0.25, 0.3) is 0 Å². The fourth-order valence-corrected chi connectivity index (χ4v) is 3.18. The van der Waals surface area contributed by atoms with Crippen molar-refractivity contribution >= 4 is 0 Å². The zero-order valence-electron chi connectivity index (χ0n) is 11.2. The number of rotatable bonds is 3. The second-order valence-corrected chi connectivity index (χ2v) is 6.55. The van der Waals surface area contributed by atoms with Crippen molar-refractivity contribution in [3.63, 3.8) is 0 Å². The van der Waals surface area contributed by atoms with Crippen LogP contribution in [-0.4, -0.2) is 6.04 Å². The summed E-state index contributed by atoms with van der Waals surface area (Å²) < 4.78 is 0. The SMILES string of the molecule is CCC(C)(C)C(N)C1CC(C)CC(C)C1. The molecule has 1 saturated carbocycles. The van der Waals surface area contributed by atoms with E-state index in [1.54, 1.807) is 0 Å². The number of nitrogens with two attached hydrogens (primary N) is 1. The Morgan fingerprint density at radius 1 is 1.13 bits per heavy atom. The molecular formula is C14H29N. The molecule has 0 amide bonds. The molecule has 1 fully saturated rings. The molecule has 15 heavy (non-hydrogen) atoms. The third-order valence-electron chi connectivity index (χ3n) is 4.54. The van der Waals surface area contributed by atoms with Crippen LogP contribution in [0.5, 0.6) is 0 Å². The first-order valence-corrected chi connectivity index (χ1v) is 6.62. The molecule has 0 aromatic carbocycles. The molecule has 0 spiro atoms. The van der Waals surface area contributed by atoms with E-state index in [2.05, 4.69) is 34.6 Å². The van der Waals surface area contributed by atoms with Crippen molar-refractivity contribution in [1.29, 1.82) is 0 Å². The largest absolute Gasteiger partial charge is 0.327 e. The summed E-state index contributed by atoms with van der Waals surface area (Å²) in [7, 11) is 0. The second-order valence-electron chi connectivity index (χ2n) is 6.55. The van der Waals surface area contributed by atoms with Gasteiger partial charge in [-0.15, -0.1) is 0 Å². The Morgan fingerprint density at radius 2 is 1.60 bits per heavy atom. The fraction of sp³-hybridized carbons (Fsp3) is 1.00. The highest BCUT2D eigenvalue weighted by Crippen LogP contribution is 2.39. The first-order valence-electron chi connectivity index (χ1n) is 6.62. The minimum absolute atomic E-state index is 0.307. The second kappa shape index (κ2) is 4.86. The van der Waals surface area contributed by atoms with E-state index >= 15 is 0 Å². The maximum Gasteiger partial charge on any atom is 0.0119 e. The van der Waals surface area contributed by atoms with Crippen LogP contribution in [0.4, 0.5) is 0 Å². The van der Waals surface area contributed by atoms with Gasteiger partial charge in [0.25, 0.3) is 0 Å². The van der Waals surface area contributed by atoms with Gasteiger partial charge in [-0.25, -0.2) is 0 Å². The normalized spacial score (nSPS) is 35.2. The van der Waals surface area contributed by atoms with E-state index in [1.807, 2.05) is 0 Å². The molecule has 0 bridgehead atoms. The van der Waals surface area contributed by atoms with E-state index in [4.69, 9.17) is 5.73 Å². The smallest absolute Gasteiger partial charge is 0.0119 e. The Balaban J connectivity index is 2.62. The lowest BCUT2D eigenvalue weighted by atomic mass is 9.67. The summed E-state index contributed by atoms with van der Waals surface area (Å²) in [4.78, 5) is 0. The van der Waals surface area contributed by atoms with Crippen LogP contribution in [0.3, 0.4) is 0 Å². The number of hydrogen-bond donors (Lipinski definition) is 1. The van der Waals surface area contributed by atoms with E-state index in [9.17, 15) is 0 Å². The third-order valence-corrected chi connectivity index (χ3v) is 4.54. The maximum absolute atomic E-state index is 6.46. The molecule has 2 N–H and O–H groups in total. The first-order chi connectivity index (χ1) is 6.86. The Bertz CT molecular complexity index is 188. The molecular weight excluding hydrogens is 182 g/mol. The predicted molar refractivity (Wildman–Crippen MR) is 67.7 cm³/mol. The highest BCUT2D eigenvalue weighted by molar-refractivity contribution is 4.89. The fourth-order valence-electron chi connectivity index (χ4n) is 3.18. The van der Waals surface area contributed by atoms with Crippen LogP contribution in [-0.2, 0) is 0 Å². The molecule has 1 aliphatic carbocycles. The minimum Gasteiger partial charge on any atom is -0.327 e. The van der Waals surface area contributed by atoms with E-state index in [0.717, 1.165) is 17.8 Å². The molecule has 0 saturated heterocycles. The molecule has 0 aromatic rings. The van der Waals surface area contributed by atoms with Gasteiger partial charge >= 0.3 is 0 Å². The first kappa shape index (κ1) is 13.0. The van der Waals surface area contributed by atoms with Gasteiger partial charge in [-0.1, -0.05) is 34.6 Å². The molecule has 90 valence electrons. The lowest BCUT2D eigenvalue weighted by molar-refractivity contribution is 0.124. The monoisotopic (exact) mass is 211 g/mol. The van der Waals surface area contributed by atoms with Crippen molar-refractivity contribution < 1.29 is 0 Å². The van der Waals surface area contributed by atoms with E-state index in [1.165, 1.54) is 25.7 Å². The zero-order chi connectivity index (χ0) is 11.6. The van der Waals surface area contributed by atoms with Gasteiger partial charge in [-0.2, -0.15) is 0 Å². The molecule has 3 unspecified atom stereocenters. The van der Waals surface area contributed by atoms with Crippen LogP contribution in [0.2, 0.25) is 0 Å². The summed E-state index contributed by atoms with van der Waals surface area (Å²) in [6, 6.07) is 0.382. The van der Waals surface area contributed by atoms with E-state index in [-0.39, 0.29) is 0 Å². The van der Waals surface area contributed by atoms with Crippen LogP contribution in [0.15, 0.2) is 0 Å². The summed E-state index contributed by atoms with van der Waals surface area (Å²) >= 11 is 0. The average molecular weight is 211 g/mol. The molecule has 0 heterocycles. The Labute approximate surface area is 95.8 Å². The third kappa shape index (κ3) is 3.21. The minimum atomic E-state index is 0.307.